The maximum atomic E-state index is 6.01. The molecule has 1 fully saturated rings. The van der Waals surface area contributed by atoms with E-state index in [-0.39, 0.29) is 0 Å². The zero-order valence-electron chi connectivity index (χ0n) is 14.8. The van der Waals surface area contributed by atoms with Crippen LogP contribution >= 0.6 is 0 Å². The van der Waals surface area contributed by atoms with Crippen molar-refractivity contribution in [2.24, 2.45) is 0 Å². The van der Waals surface area contributed by atoms with E-state index in [2.05, 4.69) is 10.00 Å². The van der Waals surface area contributed by atoms with E-state index in [4.69, 9.17) is 14.7 Å². The van der Waals surface area contributed by atoms with Gasteiger partial charge in [0.2, 0.25) is 0 Å². The lowest BCUT2D eigenvalue weighted by Gasteiger charge is -2.19. The molecule has 6 heteroatoms. The largest absolute Gasteiger partial charge is 0.457 e. The minimum absolute atomic E-state index is 0.589. The summed E-state index contributed by atoms with van der Waals surface area (Å²) in [6.07, 6.45) is 5.97. The third kappa shape index (κ3) is 3.10. The number of para-hydroxylation sites is 1. The van der Waals surface area contributed by atoms with Crippen LogP contribution in [-0.4, -0.2) is 32.8 Å². The maximum absolute atomic E-state index is 6.01. The number of hydrogen-bond acceptors (Lipinski definition) is 5. The number of rotatable bonds is 4. The van der Waals surface area contributed by atoms with E-state index in [1.807, 2.05) is 60.8 Å². The Hall–Kier alpha value is -3.41. The highest BCUT2D eigenvalue weighted by atomic mass is 16.5. The van der Waals surface area contributed by atoms with Gasteiger partial charge in [0.05, 0.1) is 5.52 Å². The Kier molecular flexibility index (Phi) is 3.93. The van der Waals surface area contributed by atoms with Crippen molar-refractivity contribution in [1.29, 1.82) is 0 Å². The molecule has 1 aliphatic heterocycles. The van der Waals surface area contributed by atoms with E-state index in [1.54, 1.807) is 10.9 Å². The van der Waals surface area contributed by atoms with Crippen LogP contribution in [0.2, 0.25) is 0 Å². The van der Waals surface area contributed by atoms with Crippen LogP contribution in [0.25, 0.3) is 16.9 Å². The van der Waals surface area contributed by atoms with Crippen LogP contribution in [0, 0.1) is 0 Å². The van der Waals surface area contributed by atoms with Gasteiger partial charge in [0.25, 0.3) is 5.95 Å². The van der Waals surface area contributed by atoms with Gasteiger partial charge in [0.1, 0.15) is 17.3 Å². The lowest BCUT2D eigenvalue weighted by Crippen LogP contribution is -2.20. The Balaban J connectivity index is 1.62. The fraction of sp³-hybridized carbons (Fsp3) is 0.190. The Labute approximate surface area is 157 Å². The number of benzene rings is 2. The molecule has 0 bridgehead atoms. The standard InChI is InChI=1S/C21H19N5O/c1-2-7-16(8-3-1)27-17-9-10-19-18(15-17)20(25-12-4-5-13-25)24-21(23-19)26-14-6-11-22-26/h1-3,6-11,14-15H,4-5,12-13H2. The molecular weight excluding hydrogens is 338 g/mol. The molecule has 134 valence electrons. The summed E-state index contributed by atoms with van der Waals surface area (Å²) in [5.74, 6) is 3.13. The number of aromatic nitrogens is 4. The van der Waals surface area contributed by atoms with E-state index in [0.717, 1.165) is 41.3 Å². The third-order valence-electron chi connectivity index (χ3n) is 4.73. The molecule has 5 rings (SSSR count). The predicted molar refractivity (Wildman–Crippen MR) is 105 cm³/mol. The number of anilines is 1. The smallest absolute Gasteiger partial charge is 0.253 e. The van der Waals surface area contributed by atoms with Gasteiger partial charge in [-0.25, -0.2) is 9.67 Å². The van der Waals surface area contributed by atoms with Crippen molar-refractivity contribution in [1.82, 2.24) is 19.7 Å². The topological polar surface area (TPSA) is 56.1 Å². The van der Waals surface area contributed by atoms with E-state index in [9.17, 15) is 0 Å². The van der Waals surface area contributed by atoms with Gasteiger partial charge in [-0.1, -0.05) is 18.2 Å². The van der Waals surface area contributed by atoms with Crippen molar-refractivity contribution in [2.75, 3.05) is 18.0 Å². The summed E-state index contributed by atoms with van der Waals surface area (Å²) in [6, 6.07) is 17.6. The van der Waals surface area contributed by atoms with E-state index in [0.29, 0.717) is 5.95 Å². The molecule has 0 N–H and O–H groups in total. The summed E-state index contributed by atoms with van der Waals surface area (Å²) < 4.78 is 7.72. The van der Waals surface area contributed by atoms with Crippen molar-refractivity contribution in [3.63, 3.8) is 0 Å². The minimum Gasteiger partial charge on any atom is -0.457 e. The molecule has 0 radical (unpaired) electrons. The molecule has 2 aromatic heterocycles. The first-order chi connectivity index (χ1) is 13.4. The number of ether oxygens (including phenoxy) is 1. The fourth-order valence-electron chi connectivity index (χ4n) is 3.43. The molecule has 6 nitrogen and oxygen atoms in total. The van der Waals surface area contributed by atoms with Gasteiger partial charge in [-0.05, 0) is 49.2 Å². The van der Waals surface area contributed by atoms with Crippen molar-refractivity contribution in [3.8, 4) is 17.4 Å². The van der Waals surface area contributed by atoms with E-state index >= 15 is 0 Å². The van der Waals surface area contributed by atoms with Crippen LogP contribution < -0.4 is 9.64 Å². The van der Waals surface area contributed by atoms with E-state index < -0.39 is 0 Å². The second-order valence-corrected chi connectivity index (χ2v) is 6.59. The molecule has 0 unspecified atom stereocenters. The zero-order chi connectivity index (χ0) is 18.1. The van der Waals surface area contributed by atoms with E-state index in [1.165, 1.54) is 12.8 Å². The highest BCUT2D eigenvalue weighted by Gasteiger charge is 2.19. The molecule has 3 heterocycles. The maximum Gasteiger partial charge on any atom is 0.253 e. The van der Waals surface area contributed by atoms with Crippen LogP contribution in [0.5, 0.6) is 11.5 Å². The van der Waals surface area contributed by atoms with Crippen molar-refractivity contribution in [2.45, 2.75) is 12.8 Å². The quantitative estimate of drug-likeness (QED) is 0.548. The average molecular weight is 357 g/mol. The first kappa shape index (κ1) is 15.8. The molecule has 1 aliphatic rings. The summed E-state index contributed by atoms with van der Waals surface area (Å²) in [5, 5.41) is 5.28. The van der Waals surface area contributed by atoms with Crippen LogP contribution in [0.3, 0.4) is 0 Å². The van der Waals surface area contributed by atoms with Crippen LogP contribution in [0.15, 0.2) is 67.0 Å². The molecule has 0 saturated carbocycles. The van der Waals surface area contributed by atoms with Gasteiger partial charge >= 0.3 is 0 Å². The number of hydrogen-bond donors (Lipinski definition) is 0. The van der Waals surface area contributed by atoms with Crippen LogP contribution in [-0.2, 0) is 0 Å². The zero-order valence-corrected chi connectivity index (χ0v) is 14.8. The number of fused-ring (bicyclic) bond motifs is 1. The summed E-state index contributed by atoms with van der Waals surface area (Å²) in [5.41, 5.74) is 0.887. The first-order valence-electron chi connectivity index (χ1n) is 9.16. The summed E-state index contributed by atoms with van der Waals surface area (Å²) in [4.78, 5) is 11.9. The first-order valence-corrected chi connectivity index (χ1v) is 9.16. The predicted octanol–water partition coefficient (Wildman–Crippen LogP) is 4.21. The molecule has 4 aromatic rings. The molecule has 0 aliphatic carbocycles. The van der Waals surface area contributed by atoms with Gasteiger partial charge in [-0.15, -0.1) is 0 Å². The van der Waals surface area contributed by atoms with Gasteiger partial charge in [-0.3, -0.25) is 0 Å². The number of nitrogens with zero attached hydrogens (tertiary/aromatic N) is 5. The lowest BCUT2D eigenvalue weighted by molar-refractivity contribution is 0.483. The molecule has 0 atom stereocenters. The average Bonchev–Trinajstić information content (AvgIpc) is 3.42. The molecule has 2 aromatic carbocycles. The fourth-order valence-corrected chi connectivity index (χ4v) is 3.43. The third-order valence-corrected chi connectivity index (χ3v) is 4.73. The molecular formula is C21H19N5O. The SMILES string of the molecule is c1ccc(Oc2ccc3nc(-n4cccn4)nc(N4CCCC4)c3c2)cc1. The van der Waals surface area contributed by atoms with Gasteiger partial charge in [-0.2, -0.15) is 10.1 Å². The summed E-state index contributed by atoms with van der Waals surface area (Å²) in [6.45, 7) is 2.02. The van der Waals surface area contributed by atoms with Crippen LogP contribution in [0.1, 0.15) is 12.8 Å². The van der Waals surface area contributed by atoms with Crippen molar-refractivity contribution >= 4 is 16.7 Å². The van der Waals surface area contributed by atoms with Gasteiger partial charge in [0, 0.05) is 30.9 Å². The van der Waals surface area contributed by atoms with Crippen LogP contribution in [0.4, 0.5) is 5.82 Å². The minimum atomic E-state index is 0.589. The Morgan fingerprint density at radius 1 is 0.852 bits per heavy atom. The molecule has 0 amide bonds. The second kappa shape index (κ2) is 6.72. The molecule has 1 saturated heterocycles. The Morgan fingerprint density at radius 3 is 2.48 bits per heavy atom. The highest BCUT2D eigenvalue weighted by molar-refractivity contribution is 5.91. The molecule has 27 heavy (non-hydrogen) atoms. The Morgan fingerprint density at radius 2 is 1.70 bits per heavy atom. The van der Waals surface area contributed by atoms with Crippen molar-refractivity contribution in [3.05, 3.63) is 67.0 Å². The van der Waals surface area contributed by atoms with Crippen molar-refractivity contribution < 1.29 is 4.74 Å². The second-order valence-electron chi connectivity index (χ2n) is 6.59. The summed E-state index contributed by atoms with van der Waals surface area (Å²) in [7, 11) is 0. The molecule has 0 spiro atoms. The Bertz CT molecular complexity index is 1060. The summed E-state index contributed by atoms with van der Waals surface area (Å²) >= 11 is 0. The highest BCUT2D eigenvalue weighted by Crippen LogP contribution is 2.32. The monoisotopic (exact) mass is 357 g/mol. The van der Waals surface area contributed by atoms with Gasteiger partial charge < -0.3 is 9.64 Å². The van der Waals surface area contributed by atoms with Gasteiger partial charge in [0.15, 0.2) is 0 Å². The normalized spacial score (nSPS) is 14.0. The lowest BCUT2D eigenvalue weighted by atomic mass is 10.2.